The van der Waals surface area contributed by atoms with E-state index in [0.717, 1.165) is 19.5 Å². The van der Waals surface area contributed by atoms with Crippen molar-refractivity contribution in [3.05, 3.63) is 11.8 Å². The fourth-order valence-corrected chi connectivity index (χ4v) is 1.66. The van der Waals surface area contributed by atoms with Gasteiger partial charge >= 0.3 is 0 Å². The molecule has 0 saturated carbocycles. The molecule has 0 amide bonds. The maximum atomic E-state index is 4.33. The summed E-state index contributed by atoms with van der Waals surface area (Å²) >= 11 is 0. The average molecular weight is 165 g/mol. The highest BCUT2D eigenvalue weighted by molar-refractivity contribution is 5.45. The maximum absolute atomic E-state index is 4.33. The molecule has 3 nitrogen and oxygen atoms in total. The van der Waals surface area contributed by atoms with Crippen LogP contribution in [-0.2, 0) is 13.0 Å². The summed E-state index contributed by atoms with van der Waals surface area (Å²) in [7, 11) is 0. The van der Waals surface area contributed by atoms with E-state index >= 15 is 0 Å². The summed E-state index contributed by atoms with van der Waals surface area (Å²) in [5, 5.41) is 7.74. The highest BCUT2D eigenvalue weighted by Gasteiger charge is 2.16. The van der Waals surface area contributed by atoms with Crippen LogP contribution in [0.15, 0.2) is 6.20 Å². The zero-order valence-electron chi connectivity index (χ0n) is 7.67. The maximum Gasteiger partial charge on any atom is 0.127 e. The Labute approximate surface area is 72.8 Å². The van der Waals surface area contributed by atoms with Gasteiger partial charge < -0.3 is 5.32 Å². The smallest absolute Gasteiger partial charge is 0.127 e. The number of rotatable bonds is 1. The van der Waals surface area contributed by atoms with Crippen LogP contribution in [0.3, 0.4) is 0 Å². The molecule has 1 unspecified atom stereocenters. The Balaban J connectivity index is 2.32. The Morgan fingerprint density at radius 1 is 1.75 bits per heavy atom. The van der Waals surface area contributed by atoms with Gasteiger partial charge in [0.05, 0.1) is 6.20 Å². The standard InChI is InChI=1S/C9H15N3/c1-3-8-5-11-12-6-7(2)4-10-9(8)12/h5,7,10H,3-4,6H2,1-2H3. The minimum absolute atomic E-state index is 0.696. The van der Waals surface area contributed by atoms with Gasteiger partial charge in [-0.2, -0.15) is 5.10 Å². The molecule has 1 aliphatic rings. The lowest BCUT2D eigenvalue weighted by molar-refractivity contribution is 0.444. The Hall–Kier alpha value is -0.990. The van der Waals surface area contributed by atoms with Crippen molar-refractivity contribution in [1.82, 2.24) is 9.78 Å². The number of anilines is 1. The van der Waals surface area contributed by atoms with Crippen LogP contribution in [0.4, 0.5) is 5.82 Å². The minimum Gasteiger partial charge on any atom is -0.370 e. The Bertz CT molecular complexity index is 277. The quantitative estimate of drug-likeness (QED) is 0.683. The van der Waals surface area contributed by atoms with Crippen molar-refractivity contribution in [2.75, 3.05) is 11.9 Å². The second-order valence-corrected chi connectivity index (χ2v) is 3.54. The van der Waals surface area contributed by atoms with E-state index in [9.17, 15) is 0 Å². The molecule has 0 radical (unpaired) electrons. The molecule has 0 aromatic carbocycles. The molecule has 0 spiro atoms. The molecule has 0 fully saturated rings. The summed E-state index contributed by atoms with van der Waals surface area (Å²) in [6.45, 7) is 6.54. The van der Waals surface area contributed by atoms with Crippen molar-refractivity contribution in [2.24, 2.45) is 5.92 Å². The van der Waals surface area contributed by atoms with Crippen LogP contribution in [0, 0.1) is 5.92 Å². The lowest BCUT2D eigenvalue weighted by atomic mass is 10.1. The summed E-state index contributed by atoms with van der Waals surface area (Å²) in [6.07, 6.45) is 3.04. The first-order valence-electron chi connectivity index (χ1n) is 4.59. The van der Waals surface area contributed by atoms with E-state index in [1.165, 1.54) is 11.4 Å². The van der Waals surface area contributed by atoms with Gasteiger partial charge in [-0.1, -0.05) is 13.8 Å². The van der Waals surface area contributed by atoms with Gasteiger partial charge in [-0.3, -0.25) is 0 Å². The highest BCUT2D eigenvalue weighted by Crippen LogP contribution is 2.21. The molecule has 1 aliphatic heterocycles. The molecule has 1 N–H and O–H groups in total. The highest BCUT2D eigenvalue weighted by atomic mass is 15.3. The fraction of sp³-hybridized carbons (Fsp3) is 0.667. The molecular weight excluding hydrogens is 150 g/mol. The third kappa shape index (κ3) is 1.09. The van der Waals surface area contributed by atoms with Crippen LogP contribution >= 0.6 is 0 Å². The van der Waals surface area contributed by atoms with E-state index in [0.29, 0.717) is 5.92 Å². The van der Waals surface area contributed by atoms with Crippen molar-refractivity contribution in [1.29, 1.82) is 0 Å². The van der Waals surface area contributed by atoms with Gasteiger partial charge in [-0.15, -0.1) is 0 Å². The van der Waals surface area contributed by atoms with Crippen LogP contribution < -0.4 is 5.32 Å². The number of hydrogen-bond acceptors (Lipinski definition) is 2. The van der Waals surface area contributed by atoms with Crippen molar-refractivity contribution in [3.63, 3.8) is 0 Å². The Kier molecular flexibility index (Phi) is 1.79. The molecule has 66 valence electrons. The third-order valence-corrected chi connectivity index (χ3v) is 2.40. The molecule has 1 aromatic heterocycles. The van der Waals surface area contributed by atoms with Crippen LogP contribution in [0.2, 0.25) is 0 Å². The van der Waals surface area contributed by atoms with Gasteiger partial charge in [0.1, 0.15) is 5.82 Å². The second-order valence-electron chi connectivity index (χ2n) is 3.54. The molecule has 3 heteroatoms. The number of nitrogens with zero attached hydrogens (tertiary/aromatic N) is 2. The minimum atomic E-state index is 0.696. The molecule has 12 heavy (non-hydrogen) atoms. The van der Waals surface area contributed by atoms with Crippen molar-refractivity contribution >= 4 is 5.82 Å². The summed E-state index contributed by atoms with van der Waals surface area (Å²) in [6, 6.07) is 0. The first-order chi connectivity index (χ1) is 5.81. The summed E-state index contributed by atoms with van der Waals surface area (Å²) in [5.74, 6) is 1.93. The third-order valence-electron chi connectivity index (χ3n) is 2.40. The van der Waals surface area contributed by atoms with E-state index in [1.807, 2.05) is 6.20 Å². The molecule has 1 atom stereocenters. The largest absolute Gasteiger partial charge is 0.370 e. The van der Waals surface area contributed by atoms with Crippen LogP contribution in [0.25, 0.3) is 0 Å². The fourth-order valence-electron chi connectivity index (χ4n) is 1.66. The van der Waals surface area contributed by atoms with Gasteiger partial charge in [-0.05, 0) is 12.3 Å². The van der Waals surface area contributed by atoms with Crippen molar-refractivity contribution in [3.8, 4) is 0 Å². The van der Waals surface area contributed by atoms with Gasteiger partial charge in [-0.25, -0.2) is 4.68 Å². The molecule has 2 heterocycles. The molecule has 1 aromatic rings. The summed E-state index contributed by atoms with van der Waals surface area (Å²) in [5.41, 5.74) is 1.34. The average Bonchev–Trinajstić information content (AvgIpc) is 2.46. The SMILES string of the molecule is CCc1cnn2c1NCC(C)C2. The normalized spacial score (nSPS) is 21.7. The van der Waals surface area contributed by atoms with Gasteiger partial charge in [0.2, 0.25) is 0 Å². The summed E-state index contributed by atoms with van der Waals surface area (Å²) in [4.78, 5) is 0. The lowest BCUT2D eigenvalue weighted by Crippen LogP contribution is -2.26. The van der Waals surface area contributed by atoms with Crippen molar-refractivity contribution in [2.45, 2.75) is 26.8 Å². The number of aryl methyl sites for hydroxylation is 1. The van der Waals surface area contributed by atoms with Gasteiger partial charge in [0.25, 0.3) is 0 Å². The lowest BCUT2D eigenvalue weighted by Gasteiger charge is -2.22. The first kappa shape index (κ1) is 7.65. The molecule has 0 saturated heterocycles. The monoisotopic (exact) mass is 165 g/mol. The van der Waals surface area contributed by atoms with E-state index in [-0.39, 0.29) is 0 Å². The molecule has 0 aliphatic carbocycles. The number of aromatic nitrogens is 2. The zero-order valence-corrected chi connectivity index (χ0v) is 7.67. The number of fused-ring (bicyclic) bond motifs is 1. The Morgan fingerprint density at radius 2 is 2.58 bits per heavy atom. The molecule has 2 rings (SSSR count). The predicted octanol–water partition coefficient (Wildman–Crippen LogP) is 1.51. The number of hydrogen-bond donors (Lipinski definition) is 1. The van der Waals surface area contributed by atoms with Gasteiger partial charge in [0.15, 0.2) is 0 Å². The predicted molar refractivity (Wildman–Crippen MR) is 49.3 cm³/mol. The summed E-state index contributed by atoms with van der Waals surface area (Å²) < 4.78 is 2.08. The van der Waals surface area contributed by atoms with E-state index < -0.39 is 0 Å². The van der Waals surface area contributed by atoms with Crippen LogP contribution in [0.1, 0.15) is 19.4 Å². The molecular formula is C9H15N3. The number of nitrogens with one attached hydrogen (secondary N) is 1. The van der Waals surface area contributed by atoms with Crippen LogP contribution in [-0.4, -0.2) is 16.3 Å². The first-order valence-corrected chi connectivity index (χ1v) is 4.59. The second kappa shape index (κ2) is 2.81. The van der Waals surface area contributed by atoms with E-state index in [4.69, 9.17) is 0 Å². The van der Waals surface area contributed by atoms with Crippen LogP contribution in [0.5, 0.6) is 0 Å². The van der Waals surface area contributed by atoms with Gasteiger partial charge in [0, 0.05) is 18.7 Å². The van der Waals surface area contributed by atoms with E-state index in [1.54, 1.807) is 0 Å². The Morgan fingerprint density at radius 3 is 3.33 bits per heavy atom. The molecule has 0 bridgehead atoms. The van der Waals surface area contributed by atoms with E-state index in [2.05, 4.69) is 28.9 Å². The zero-order chi connectivity index (χ0) is 8.55. The topological polar surface area (TPSA) is 29.9 Å². The van der Waals surface area contributed by atoms with Crippen molar-refractivity contribution < 1.29 is 0 Å².